The normalized spacial score (nSPS) is 10.6. The highest BCUT2D eigenvalue weighted by Crippen LogP contribution is 2.21. The lowest BCUT2D eigenvalue weighted by Gasteiger charge is -2.13. The van der Waals surface area contributed by atoms with Gasteiger partial charge in [0.15, 0.2) is 5.16 Å². The first-order valence-corrected chi connectivity index (χ1v) is 9.72. The summed E-state index contributed by atoms with van der Waals surface area (Å²) >= 11 is 7.15. The van der Waals surface area contributed by atoms with E-state index in [9.17, 15) is 14.4 Å². The van der Waals surface area contributed by atoms with E-state index in [1.165, 1.54) is 11.5 Å². The summed E-state index contributed by atoms with van der Waals surface area (Å²) in [6.07, 6.45) is 0. The van der Waals surface area contributed by atoms with Crippen LogP contribution >= 0.6 is 23.4 Å². The number of hydrogen-bond donors (Lipinski definition) is 2. The summed E-state index contributed by atoms with van der Waals surface area (Å²) in [6.45, 7) is 1.60. The number of rotatable bonds is 5. The Morgan fingerprint density at radius 1 is 1.14 bits per heavy atom. The van der Waals surface area contributed by atoms with Gasteiger partial charge in [0.05, 0.1) is 23.2 Å². The molecule has 1 aromatic heterocycles. The Morgan fingerprint density at radius 2 is 1.89 bits per heavy atom. The predicted octanol–water partition coefficient (Wildman–Crippen LogP) is 2.36. The molecule has 2 aromatic carbocycles. The van der Waals surface area contributed by atoms with Crippen molar-refractivity contribution in [2.45, 2.75) is 18.6 Å². The van der Waals surface area contributed by atoms with Gasteiger partial charge in [0.1, 0.15) is 0 Å². The molecule has 3 aromatic rings. The molecule has 0 saturated carbocycles. The summed E-state index contributed by atoms with van der Waals surface area (Å²) < 4.78 is 1.52. The molecule has 144 valence electrons. The lowest BCUT2D eigenvalue weighted by Crippen LogP contribution is -2.41. The molecule has 0 fully saturated rings. The maximum atomic E-state index is 13.1. The lowest BCUT2D eigenvalue weighted by atomic mass is 10.2. The molecular formula is C19H17ClN4O3S. The van der Waals surface area contributed by atoms with Gasteiger partial charge < -0.3 is 0 Å². The number of amides is 2. The van der Waals surface area contributed by atoms with Crippen LogP contribution in [0, 0.1) is 0 Å². The molecule has 0 aliphatic carbocycles. The fraction of sp³-hybridized carbons (Fsp3) is 0.158. The van der Waals surface area contributed by atoms with E-state index >= 15 is 0 Å². The molecule has 0 atom stereocenters. The van der Waals surface area contributed by atoms with Gasteiger partial charge in [0.2, 0.25) is 11.8 Å². The zero-order valence-electron chi connectivity index (χ0n) is 14.9. The Labute approximate surface area is 170 Å². The summed E-state index contributed by atoms with van der Waals surface area (Å²) in [4.78, 5) is 40.4. The largest absolute Gasteiger partial charge is 0.283 e. The molecule has 1 heterocycles. The molecule has 0 radical (unpaired) electrons. The summed E-state index contributed by atoms with van der Waals surface area (Å²) in [5.74, 6) is -0.794. The van der Waals surface area contributed by atoms with Crippen LogP contribution in [-0.2, 0) is 16.1 Å². The van der Waals surface area contributed by atoms with Crippen molar-refractivity contribution in [3.63, 3.8) is 0 Å². The number of benzene rings is 2. The summed E-state index contributed by atoms with van der Waals surface area (Å²) in [7, 11) is 0. The van der Waals surface area contributed by atoms with Crippen molar-refractivity contribution in [1.29, 1.82) is 0 Å². The van der Waals surface area contributed by atoms with Crippen LogP contribution in [0.2, 0.25) is 5.02 Å². The highest BCUT2D eigenvalue weighted by Gasteiger charge is 2.14. The number of hydrogen-bond acceptors (Lipinski definition) is 5. The van der Waals surface area contributed by atoms with Crippen LogP contribution in [0.15, 0.2) is 58.5 Å². The Hall–Kier alpha value is -2.84. The van der Waals surface area contributed by atoms with E-state index in [-0.39, 0.29) is 17.2 Å². The number of nitrogens with zero attached hydrogens (tertiary/aromatic N) is 2. The summed E-state index contributed by atoms with van der Waals surface area (Å²) in [5.41, 5.74) is 5.71. The Bertz CT molecular complexity index is 1090. The Morgan fingerprint density at radius 3 is 2.61 bits per heavy atom. The van der Waals surface area contributed by atoms with Gasteiger partial charge >= 0.3 is 0 Å². The van der Waals surface area contributed by atoms with E-state index < -0.39 is 5.91 Å². The standard InChI is InChI=1S/C19H17ClN4O3S/c1-12(25)22-23-17(26)11-28-19-21-16-8-7-14(20)9-15(16)18(27)24(19)10-13-5-3-2-4-6-13/h2-9H,10-11H2,1H3,(H,22,25)(H,23,26). The smallest absolute Gasteiger partial charge is 0.262 e. The van der Waals surface area contributed by atoms with E-state index in [1.54, 1.807) is 18.2 Å². The molecule has 0 saturated heterocycles. The number of nitrogens with one attached hydrogen (secondary N) is 2. The van der Waals surface area contributed by atoms with Gasteiger partial charge in [-0.15, -0.1) is 0 Å². The minimum Gasteiger partial charge on any atom is -0.283 e. The fourth-order valence-corrected chi connectivity index (χ4v) is 3.48. The average molecular weight is 417 g/mol. The number of halogens is 1. The van der Waals surface area contributed by atoms with Crippen LogP contribution in [0.3, 0.4) is 0 Å². The second-order valence-corrected chi connectivity index (χ2v) is 7.33. The number of carbonyl (C=O) groups excluding carboxylic acids is 2. The molecule has 0 unspecified atom stereocenters. The zero-order valence-corrected chi connectivity index (χ0v) is 16.5. The van der Waals surface area contributed by atoms with Gasteiger partial charge in [-0.3, -0.25) is 29.8 Å². The first kappa shape index (κ1) is 19.9. The number of thioether (sulfide) groups is 1. The number of hydrazine groups is 1. The minimum atomic E-state index is -0.406. The van der Waals surface area contributed by atoms with Crippen molar-refractivity contribution in [1.82, 2.24) is 20.4 Å². The van der Waals surface area contributed by atoms with Crippen LogP contribution in [0.4, 0.5) is 0 Å². The van der Waals surface area contributed by atoms with Crippen molar-refractivity contribution >= 4 is 46.1 Å². The molecule has 7 nitrogen and oxygen atoms in total. The Balaban J connectivity index is 1.95. The van der Waals surface area contributed by atoms with Crippen molar-refractivity contribution in [3.8, 4) is 0 Å². The second-order valence-electron chi connectivity index (χ2n) is 5.95. The van der Waals surface area contributed by atoms with Crippen molar-refractivity contribution in [2.75, 3.05) is 5.75 Å². The second kappa shape index (κ2) is 8.90. The fourth-order valence-electron chi connectivity index (χ4n) is 2.51. The van der Waals surface area contributed by atoms with Gasteiger partial charge in [0.25, 0.3) is 5.56 Å². The number of carbonyl (C=O) groups is 2. The quantitative estimate of drug-likeness (QED) is 0.378. The van der Waals surface area contributed by atoms with Gasteiger partial charge in [-0.1, -0.05) is 53.7 Å². The molecule has 3 rings (SSSR count). The molecular weight excluding hydrogens is 400 g/mol. The van der Waals surface area contributed by atoms with E-state index in [0.717, 1.165) is 17.3 Å². The van der Waals surface area contributed by atoms with Crippen molar-refractivity contribution in [2.24, 2.45) is 0 Å². The maximum absolute atomic E-state index is 13.1. The van der Waals surface area contributed by atoms with E-state index in [0.29, 0.717) is 27.6 Å². The first-order chi connectivity index (χ1) is 13.4. The number of fused-ring (bicyclic) bond motifs is 1. The monoisotopic (exact) mass is 416 g/mol. The number of aromatic nitrogens is 2. The molecule has 0 spiro atoms. The molecule has 2 N–H and O–H groups in total. The van der Waals surface area contributed by atoms with Crippen LogP contribution < -0.4 is 16.4 Å². The average Bonchev–Trinajstić information content (AvgIpc) is 2.68. The third kappa shape index (κ3) is 4.90. The molecule has 2 amide bonds. The van der Waals surface area contributed by atoms with Crippen LogP contribution in [-0.4, -0.2) is 27.1 Å². The van der Waals surface area contributed by atoms with Crippen molar-refractivity contribution in [3.05, 3.63) is 69.5 Å². The molecule has 0 bridgehead atoms. The molecule has 9 heteroatoms. The van der Waals surface area contributed by atoms with Gasteiger partial charge in [-0.25, -0.2) is 4.98 Å². The molecule has 0 aliphatic heterocycles. The highest BCUT2D eigenvalue weighted by atomic mass is 35.5. The van der Waals surface area contributed by atoms with Crippen LogP contribution in [0.25, 0.3) is 10.9 Å². The van der Waals surface area contributed by atoms with Gasteiger partial charge in [-0.05, 0) is 23.8 Å². The van der Waals surface area contributed by atoms with Crippen molar-refractivity contribution < 1.29 is 9.59 Å². The van der Waals surface area contributed by atoms with E-state index in [2.05, 4.69) is 15.8 Å². The topological polar surface area (TPSA) is 93.1 Å². The summed E-state index contributed by atoms with van der Waals surface area (Å²) in [5, 5.41) is 1.27. The van der Waals surface area contributed by atoms with Crippen LogP contribution in [0.5, 0.6) is 0 Å². The highest BCUT2D eigenvalue weighted by molar-refractivity contribution is 7.99. The predicted molar refractivity (Wildman–Crippen MR) is 109 cm³/mol. The Kier molecular flexibility index (Phi) is 6.33. The first-order valence-electron chi connectivity index (χ1n) is 8.36. The third-order valence-corrected chi connectivity index (χ3v) is 4.99. The van der Waals surface area contributed by atoms with Crippen LogP contribution in [0.1, 0.15) is 12.5 Å². The lowest BCUT2D eigenvalue weighted by molar-refractivity contribution is -0.126. The molecule has 28 heavy (non-hydrogen) atoms. The van der Waals surface area contributed by atoms with E-state index in [1.807, 2.05) is 30.3 Å². The minimum absolute atomic E-state index is 0.0133. The van der Waals surface area contributed by atoms with Gasteiger partial charge in [0, 0.05) is 11.9 Å². The third-order valence-electron chi connectivity index (χ3n) is 3.77. The maximum Gasteiger partial charge on any atom is 0.262 e. The molecule has 0 aliphatic rings. The van der Waals surface area contributed by atoms with E-state index in [4.69, 9.17) is 11.6 Å². The zero-order chi connectivity index (χ0) is 20.1. The van der Waals surface area contributed by atoms with Gasteiger partial charge in [-0.2, -0.15) is 0 Å². The SMILES string of the molecule is CC(=O)NNC(=O)CSc1nc2ccc(Cl)cc2c(=O)n1Cc1ccccc1. The summed E-state index contributed by atoms with van der Waals surface area (Å²) in [6, 6.07) is 14.4.